The van der Waals surface area contributed by atoms with Crippen LogP contribution >= 0.6 is 0 Å². The molecule has 0 atom stereocenters. The van der Waals surface area contributed by atoms with Crippen LogP contribution in [-0.2, 0) is 16.0 Å². The van der Waals surface area contributed by atoms with Crippen molar-refractivity contribution in [1.82, 2.24) is 0 Å². The predicted molar refractivity (Wildman–Crippen MR) is 92.5 cm³/mol. The van der Waals surface area contributed by atoms with E-state index in [1.165, 1.54) is 12.1 Å². The maximum absolute atomic E-state index is 13.8. The highest BCUT2D eigenvalue weighted by Crippen LogP contribution is 2.24. The van der Waals surface area contributed by atoms with Crippen LogP contribution in [0.25, 0.3) is 0 Å². The summed E-state index contributed by atoms with van der Waals surface area (Å²) in [4.78, 5) is 22.6. The van der Waals surface area contributed by atoms with Crippen LogP contribution in [0, 0.1) is 26.6 Å². The summed E-state index contributed by atoms with van der Waals surface area (Å²) in [5, 5.41) is 11.2. The standard InChI is InChI=1S/C19H20FNO4/c1-11-6-12(2)19(13(3)7-11)25-10-17(22)21-15-5-4-14(8-18(23)24)16(20)9-15/h4-7,9H,8,10H2,1-3H3,(H,21,22)(H,23,24). The van der Waals surface area contributed by atoms with E-state index in [4.69, 9.17) is 9.84 Å². The minimum atomic E-state index is -1.12. The number of carboxylic acids is 1. The van der Waals surface area contributed by atoms with Crippen molar-refractivity contribution in [3.05, 3.63) is 58.4 Å². The molecule has 2 rings (SSSR count). The van der Waals surface area contributed by atoms with Gasteiger partial charge in [0.05, 0.1) is 6.42 Å². The number of carbonyl (C=O) groups excluding carboxylic acids is 1. The Labute approximate surface area is 145 Å². The predicted octanol–water partition coefficient (Wildman–Crippen LogP) is 3.40. The molecule has 0 aliphatic heterocycles. The molecule has 1 amide bonds. The molecule has 0 aromatic heterocycles. The van der Waals surface area contributed by atoms with Gasteiger partial charge in [-0.1, -0.05) is 23.8 Å². The first-order valence-electron chi connectivity index (χ1n) is 7.77. The van der Waals surface area contributed by atoms with E-state index < -0.39 is 24.1 Å². The molecule has 2 aromatic rings. The molecule has 0 aliphatic carbocycles. The largest absolute Gasteiger partial charge is 0.483 e. The van der Waals surface area contributed by atoms with Crippen molar-refractivity contribution in [1.29, 1.82) is 0 Å². The molecule has 0 spiro atoms. The van der Waals surface area contributed by atoms with Gasteiger partial charge in [0.1, 0.15) is 11.6 Å². The van der Waals surface area contributed by atoms with Crippen LogP contribution in [0.2, 0.25) is 0 Å². The summed E-state index contributed by atoms with van der Waals surface area (Å²) < 4.78 is 19.4. The van der Waals surface area contributed by atoms with Crippen molar-refractivity contribution in [2.45, 2.75) is 27.2 Å². The molecule has 5 nitrogen and oxygen atoms in total. The van der Waals surface area contributed by atoms with Crippen molar-refractivity contribution >= 4 is 17.6 Å². The maximum atomic E-state index is 13.8. The summed E-state index contributed by atoms with van der Waals surface area (Å²) in [7, 11) is 0. The van der Waals surface area contributed by atoms with Crippen LogP contribution in [0.4, 0.5) is 10.1 Å². The Morgan fingerprint density at radius 2 is 1.76 bits per heavy atom. The number of carboxylic acid groups (broad SMARTS) is 1. The second-order valence-electron chi connectivity index (χ2n) is 5.94. The first-order valence-corrected chi connectivity index (χ1v) is 7.77. The van der Waals surface area contributed by atoms with E-state index >= 15 is 0 Å². The molecule has 132 valence electrons. The van der Waals surface area contributed by atoms with Gasteiger partial charge in [-0.05, 0) is 49.6 Å². The van der Waals surface area contributed by atoms with Gasteiger partial charge in [0.15, 0.2) is 6.61 Å². The fourth-order valence-corrected chi connectivity index (χ4v) is 2.66. The molecule has 0 unspecified atom stereocenters. The Balaban J connectivity index is 1.99. The van der Waals surface area contributed by atoms with Crippen molar-refractivity contribution in [2.75, 3.05) is 11.9 Å². The Morgan fingerprint density at radius 1 is 1.12 bits per heavy atom. The number of anilines is 1. The van der Waals surface area contributed by atoms with Crippen molar-refractivity contribution in [2.24, 2.45) is 0 Å². The lowest BCUT2D eigenvalue weighted by Gasteiger charge is -2.13. The summed E-state index contributed by atoms with van der Waals surface area (Å²) in [6.07, 6.45) is -0.408. The van der Waals surface area contributed by atoms with E-state index in [1.807, 2.05) is 32.9 Å². The second-order valence-corrected chi connectivity index (χ2v) is 5.94. The molecule has 0 radical (unpaired) electrons. The van der Waals surface area contributed by atoms with Gasteiger partial charge in [-0.2, -0.15) is 0 Å². The molecule has 0 aliphatic rings. The van der Waals surface area contributed by atoms with E-state index in [-0.39, 0.29) is 17.9 Å². The molecule has 2 N–H and O–H groups in total. The van der Waals surface area contributed by atoms with Gasteiger partial charge in [0.2, 0.25) is 0 Å². The Morgan fingerprint density at radius 3 is 2.32 bits per heavy atom. The van der Waals surface area contributed by atoms with Gasteiger partial charge in [0, 0.05) is 5.69 Å². The Bertz CT molecular complexity index is 794. The number of ether oxygens (including phenoxy) is 1. The lowest BCUT2D eigenvalue weighted by Crippen LogP contribution is -2.21. The van der Waals surface area contributed by atoms with Gasteiger partial charge in [-0.3, -0.25) is 9.59 Å². The molecule has 25 heavy (non-hydrogen) atoms. The second kappa shape index (κ2) is 7.79. The number of hydrogen-bond acceptors (Lipinski definition) is 3. The van der Waals surface area contributed by atoms with Gasteiger partial charge in [-0.25, -0.2) is 4.39 Å². The zero-order valence-electron chi connectivity index (χ0n) is 14.4. The monoisotopic (exact) mass is 345 g/mol. The third kappa shape index (κ3) is 5.04. The Kier molecular flexibility index (Phi) is 5.75. The van der Waals surface area contributed by atoms with Crippen molar-refractivity contribution in [3.63, 3.8) is 0 Å². The molecule has 2 aromatic carbocycles. The van der Waals surface area contributed by atoms with Crippen LogP contribution in [0.15, 0.2) is 30.3 Å². The quantitative estimate of drug-likeness (QED) is 0.841. The van der Waals surface area contributed by atoms with Crippen LogP contribution in [-0.4, -0.2) is 23.6 Å². The number of hydrogen-bond donors (Lipinski definition) is 2. The number of aliphatic carboxylic acids is 1. The number of aryl methyl sites for hydroxylation is 3. The van der Waals surface area contributed by atoms with Gasteiger partial charge >= 0.3 is 5.97 Å². The van der Waals surface area contributed by atoms with Crippen molar-refractivity contribution < 1.29 is 23.8 Å². The van der Waals surface area contributed by atoms with E-state index in [0.29, 0.717) is 5.75 Å². The summed E-state index contributed by atoms with van der Waals surface area (Å²) >= 11 is 0. The zero-order valence-corrected chi connectivity index (χ0v) is 14.4. The first-order chi connectivity index (χ1) is 11.8. The molecule has 0 heterocycles. The number of benzene rings is 2. The third-order valence-electron chi connectivity index (χ3n) is 3.63. The van der Waals surface area contributed by atoms with Crippen LogP contribution in [0.3, 0.4) is 0 Å². The highest BCUT2D eigenvalue weighted by molar-refractivity contribution is 5.92. The number of rotatable bonds is 6. The molecular weight excluding hydrogens is 325 g/mol. The van der Waals surface area contributed by atoms with Crippen LogP contribution < -0.4 is 10.1 Å². The van der Waals surface area contributed by atoms with Crippen LogP contribution in [0.5, 0.6) is 5.75 Å². The van der Waals surface area contributed by atoms with Gasteiger partial charge in [0.25, 0.3) is 5.91 Å². The molecular formula is C19H20FNO4. The molecule has 6 heteroatoms. The highest BCUT2D eigenvalue weighted by atomic mass is 19.1. The zero-order chi connectivity index (χ0) is 18.6. The minimum Gasteiger partial charge on any atom is -0.483 e. The summed E-state index contributed by atoms with van der Waals surface area (Å²) in [5.41, 5.74) is 3.30. The van der Waals surface area contributed by atoms with Gasteiger partial charge in [-0.15, -0.1) is 0 Å². The maximum Gasteiger partial charge on any atom is 0.307 e. The van der Waals surface area contributed by atoms with E-state index in [2.05, 4.69) is 5.32 Å². The van der Waals surface area contributed by atoms with E-state index in [9.17, 15) is 14.0 Å². The normalized spacial score (nSPS) is 10.4. The summed E-state index contributed by atoms with van der Waals surface area (Å²) in [5.74, 6) is -1.56. The Hall–Kier alpha value is -2.89. The average molecular weight is 345 g/mol. The topological polar surface area (TPSA) is 75.6 Å². The van der Waals surface area contributed by atoms with Gasteiger partial charge < -0.3 is 15.2 Å². The molecule has 0 saturated heterocycles. The lowest BCUT2D eigenvalue weighted by molar-refractivity contribution is -0.136. The lowest BCUT2D eigenvalue weighted by atomic mass is 10.1. The van der Waals surface area contributed by atoms with E-state index in [1.54, 1.807) is 0 Å². The SMILES string of the molecule is Cc1cc(C)c(OCC(=O)Nc2ccc(CC(=O)O)c(F)c2)c(C)c1. The minimum absolute atomic E-state index is 0.0626. The average Bonchev–Trinajstić information content (AvgIpc) is 2.48. The van der Waals surface area contributed by atoms with Crippen LogP contribution in [0.1, 0.15) is 22.3 Å². The molecule has 0 bridgehead atoms. The number of nitrogens with one attached hydrogen (secondary N) is 1. The summed E-state index contributed by atoms with van der Waals surface area (Å²) in [6, 6.07) is 7.84. The fourth-order valence-electron chi connectivity index (χ4n) is 2.66. The highest BCUT2D eigenvalue weighted by Gasteiger charge is 2.11. The third-order valence-corrected chi connectivity index (χ3v) is 3.63. The molecule has 0 fully saturated rings. The number of amides is 1. The smallest absolute Gasteiger partial charge is 0.307 e. The molecule has 0 saturated carbocycles. The first kappa shape index (κ1) is 18.4. The summed E-state index contributed by atoms with van der Waals surface area (Å²) in [6.45, 7) is 5.59. The fraction of sp³-hybridized carbons (Fsp3) is 0.263. The van der Waals surface area contributed by atoms with Crippen molar-refractivity contribution in [3.8, 4) is 5.75 Å². The number of halogens is 1. The number of carbonyl (C=O) groups is 2. The van der Waals surface area contributed by atoms with E-state index in [0.717, 1.165) is 22.8 Å².